The molecule has 2 atom stereocenters. The van der Waals surface area contributed by atoms with Crippen molar-refractivity contribution in [2.45, 2.75) is 56.9 Å². The third kappa shape index (κ3) is 5.00. The molecule has 4 N–H and O–H groups in total. The van der Waals surface area contributed by atoms with Crippen LogP contribution in [0.4, 0.5) is 5.95 Å². The van der Waals surface area contributed by atoms with Crippen LogP contribution in [0, 0.1) is 0 Å². The van der Waals surface area contributed by atoms with Crippen LogP contribution in [-0.4, -0.2) is 44.3 Å². The number of aliphatic hydroxyl groups is 2. The lowest BCUT2D eigenvalue weighted by Gasteiger charge is -2.26. The lowest BCUT2D eigenvalue weighted by Crippen LogP contribution is -2.37. The number of carbonyl (C=O) groups is 1. The quantitative estimate of drug-likeness (QED) is 0.488. The number of para-hydroxylation sites is 1. The first kappa shape index (κ1) is 21.2. The normalized spacial score (nSPS) is 20.7. The van der Waals surface area contributed by atoms with E-state index in [0.717, 1.165) is 36.6 Å². The van der Waals surface area contributed by atoms with Crippen molar-refractivity contribution in [3.8, 4) is 0 Å². The van der Waals surface area contributed by atoms with E-state index in [1.807, 2.05) is 36.4 Å². The number of benzene rings is 2. The van der Waals surface area contributed by atoms with Crippen LogP contribution in [0.15, 0.2) is 54.7 Å². The van der Waals surface area contributed by atoms with E-state index in [2.05, 4.69) is 20.6 Å². The van der Waals surface area contributed by atoms with Gasteiger partial charge in [0.25, 0.3) is 5.91 Å². The maximum absolute atomic E-state index is 13.0. The van der Waals surface area contributed by atoms with Gasteiger partial charge in [0, 0.05) is 17.6 Å². The molecule has 0 aliphatic heterocycles. The average Bonchev–Trinajstić information content (AvgIpc) is 2.80. The second-order valence-corrected chi connectivity index (χ2v) is 8.20. The molecule has 1 aromatic heterocycles. The Morgan fingerprint density at radius 1 is 1.06 bits per heavy atom. The third-order valence-corrected chi connectivity index (χ3v) is 5.86. The van der Waals surface area contributed by atoms with Gasteiger partial charge in [-0.3, -0.25) is 4.79 Å². The Kier molecular flexibility index (Phi) is 6.44. The fourth-order valence-electron chi connectivity index (χ4n) is 4.01. The van der Waals surface area contributed by atoms with Gasteiger partial charge < -0.3 is 20.8 Å². The van der Waals surface area contributed by atoms with Crippen molar-refractivity contribution in [3.63, 3.8) is 0 Å². The van der Waals surface area contributed by atoms with E-state index < -0.39 is 12.1 Å². The Morgan fingerprint density at radius 3 is 2.55 bits per heavy atom. The molecule has 1 fully saturated rings. The van der Waals surface area contributed by atoms with Crippen LogP contribution in [0.3, 0.4) is 0 Å². The van der Waals surface area contributed by atoms with Gasteiger partial charge in [0.15, 0.2) is 0 Å². The van der Waals surface area contributed by atoms with Crippen LogP contribution in [0.1, 0.15) is 54.6 Å². The standard InChI is InChI=1S/C24H28N4O3/c1-15(22(30)16-6-3-2-4-7-16)26-23(31)20-9-5-8-17-14-25-24(28-21(17)20)27-18-10-12-19(29)13-11-18/h2-9,14-15,18-19,22,29-30H,10-13H2,1H3,(H,26,31)(H,25,27,28). The van der Waals surface area contributed by atoms with Crippen LogP contribution in [-0.2, 0) is 0 Å². The van der Waals surface area contributed by atoms with Crippen LogP contribution in [0.2, 0.25) is 0 Å². The van der Waals surface area contributed by atoms with Crippen LogP contribution < -0.4 is 10.6 Å². The van der Waals surface area contributed by atoms with E-state index >= 15 is 0 Å². The molecule has 1 heterocycles. The molecule has 3 aromatic rings. The highest BCUT2D eigenvalue weighted by molar-refractivity contribution is 6.05. The van der Waals surface area contributed by atoms with Gasteiger partial charge in [-0.1, -0.05) is 42.5 Å². The van der Waals surface area contributed by atoms with E-state index in [-0.39, 0.29) is 18.1 Å². The van der Waals surface area contributed by atoms with Gasteiger partial charge in [0.2, 0.25) is 5.95 Å². The highest BCUT2D eigenvalue weighted by Gasteiger charge is 2.22. The largest absolute Gasteiger partial charge is 0.393 e. The summed E-state index contributed by atoms with van der Waals surface area (Å²) in [7, 11) is 0. The summed E-state index contributed by atoms with van der Waals surface area (Å²) in [6.07, 6.45) is 3.93. The van der Waals surface area contributed by atoms with Crippen LogP contribution >= 0.6 is 0 Å². The van der Waals surface area contributed by atoms with Crippen molar-refractivity contribution in [2.24, 2.45) is 0 Å². The van der Waals surface area contributed by atoms with Crippen molar-refractivity contribution in [1.82, 2.24) is 15.3 Å². The second kappa shape index (κ2) is 9.41. The van der Waals surface area contributed by atoms with Gasteiger partial charge in [-0.2, -0.15) is 0 Å². The molecule has 2 aromatic carbocycles. The van der Waals surface area contributed by atoms with Gasteiger partial charge in [0.05, 0.1) is 29.3 Å². The summed E-state index contributed by atoms with van der Waals surface area (Å²) in [5, 5.41) is 27.3. The SMILES string of the molecule is CC(NC(=O)c1cccc2cnc(NC3CCC(O)CC3)nc12)C(O)c1ccccc1. The number of anilines is 1. The minimum atomic E-state index is -0.811. The molecule has 4 rings (SSSR count). The fourth-order valence-corrected chi connectivity index (χ4v) is 4.01. The zero-order valence-electron chi connectivity index (χ0n) is 17.5. The minimum Gasteiger partial charge on any atom is -0.393 e. The Balaban J connectivity index is 1.51. The summed E-state index contributed by atoms with van der Waals surface area (Å²) in [4.78, 5) is 22.0. The molecular weight excluding hydrogens is 392 g/mol. The molecule has 1 amide bonds. The van der Waals surface area contributed by atoms with E-state index in [0.29, 0.717) is 17.0 Å². The summed E-state index contributed by atoms with van der Waals surface area (Å²) in [6.45, 7) is 1.78. The first-order valence-electron chi connectivity index (χ1n) is 10.8. The van der Waals surface area contributed by atoms with Crippen molar-refractivity contribution in [1.29, 1.82) is 0 Å². The van der Waals surface area contributed by atoms with Crippen molar-refractivity contribution < 1.29 is 15.0 Å². The molecule has 0 radical (unpaired) electrons. The number of nitrogens with zero attached hydrogens (tertiary/aromatic N) is 2. The summed E-state index contributed by atoms with van der Waals surface area (Å²) < 4.78 is 0. The van der Waals surface area contributed by atoms with Crippen molar-refractivity contribution in [3.05, 3.63) is 65.9 Å². The van der Waals surface area contributed by atoms with E-state index in [1.54, 1.807) is 25.3 Å². The number of aromatic nitrogens is 2. The van der Waals surface area contributed by atoms with Gasteiger partial charge in [-0.25, -0.2) is 9.97 Å². The summed E-state index contributed by atoms with van der Waals surface area (Å²) in [6, 6.07) is 14.4. The zero-order valence-corrected chi connectivity index (χ0v) is 17.5. The maximum Gasteiger partial charge on any atom is 0.253 e. The number of hydrogen-bond donors (Lipinski definition) is 4. The highest BCUT2D eigenvalue weighted by Crippen LogP contribution is 2.23. The number of carbonyl (C=O) groups excluding carboxylic acids is 1. The lowest BCUT2D eigenvalue weighted by atomic mass is 9.93. The molecular formula is C24H28N4O3. The number of fused-ring (bicyclic) bond motifs is 1. The number of amides is 1. The Morgan fingerprint density at radius 2 is 1.81 bits per heavy atom. The monoisotopic (exact) mass is 420 g/mol. The summed E-state index contributed by atoms with van der Waals surface area (Å²) in [5.74, 6) is 0.185. The summed E-state index contributed by atoms with van der Waals surface area (Å²) >= 11 is 0. The predicted octanol–water partition coefficient (Wildman–Crippen LogP) is 3.20. The number of aliphatic hydroxyl groups excluding tert-OH is 2. The molecule has 0 spiro atoms. The molecule has 0 saturated heterocycles. The molecule has 7 nitrogen and oxygen atoms in total. The van der Waals surface area contributed by atoms with Gasteiger partial charge >= 0.3 is 0 Å². The molecule has 7 heteroatoms. The van der Waals surface area contributed by atoms with Gasteiger partial charge in [0.1, 0.15) is 0 Å². The number of hydrogen-bond acceptors (Lipinski definition) is 6. The van der Waals surface area contributed by atoms with Crippen LogP contribution in [0.25, 0.3) is 10.9 Å². The van der Waals surface area contributed by atoms with Crippen molar-refractivity contribution in [2.75, 3.05) is 5.32 Å². The first-order chi connectivity index (χ1) is 15.0. The maximum atomic E-state index is 13.0. The second-order valence-electron chi connectivity index (χ2n) is 8.20. The first-order valence-corrected chi connectivity index (χ1v) is 10.8. The Labute approximate surface area is 181 Å². The third-order valence-electron chi connectivity index (χ3n) is 5.86. The molecule has 31 heavy (non-hydrogen) atoms. The zero-order chi connectivity index (χ0) is 21.8. The number of nitrogens with one attached hydrogen (secondary N) is 2. The van der Waals surface area contributed by atoms with E-state index in [4.69, 9.17) is 0 Å². The van der Waals surface area contributed by atoms with Gasteiger partial charge in [-0.05, 0) is 44.2 Å². The Bertz CT molecular complexity index is 1040. The molecule has 162 valence electrons. The molecule has 1 aliphatic rings. The highest BCUT2D eigenvalue weighted by atomic mass is 16.3. The predicted molar refractivity (Wildman–Crippen MR) is 120 cm³/mol. The van der Waals surface area contributed by atoms with Crippen molar-refractivity contribution >= 4 is 22.8 Å². The molecule has 2 unspecified atom stereocenters. The minimum absolute atomic E-state index is 0.211. The molecule has 1 aliphatic carbocycles. The number of rotatable bonds is 6. The Hall–Kier alpha value is -3.03. The topological polar surface area (TPSA) is 107 Å². The molecule has 1 saturated carbocycles. The van der Waals surface area contributed by atoms with Crippen LogP contribution in [0.5, 0.6) is 0 Å². The summed E-state index contributed by atoms with van der Waals surface area (Å²) in [5.41, 5.74) is 1.75. The fraction of sp³-hybridized carbons (Fsp3) is 0.375. The van der Waals surface area contributed by atoms with E-state index in [9.17, 15) is 15.0 Å². The molecule has 0 bridgehead atoms. The lowest BCUT2D eigenvalue weighted by molar-refractivity contribution is 0.0853. The van der Waals surface area contributed by atoms with E-state index in [1.165, 1.54) is 0 Å². The van der Waals surface area contributed by atoms with Gasteiger partial charge in [-0.15, -0.1) is 0 Å². The smallest absolute Gasteiger partial charge is 0.253 e. The average molecular weight is 421 g/mol.